The number of oxazole rings is 1. The third-order valence-corrected chi connectivity index (χ3v) is 5.98. The molecule has 0 aliphatic heterocycles. The molecule has 11 heteroatoms. The van der Waals surface area contributed by atoms with Crippen LogP contribution in [0.3, 0.4) is 0 Å². The number of carbonyl (C=O) groups excluding carboxylic acids is 1. The van der Waals surface area contributed by atoms with Crippen molar-refractivity contribution < 1.29 is 22.4 Å². The molecule has 4 rings (SSSR count). The van der Waals surface area contributed by atoms with Crippen molar-refractivity contribution in [2.24, 2.45) is 0 Å². The zero-order valence-electron chi connectivity index (χ0n) is 16.3. The lowest BCUT2D eigenvalue weighted by Crippen LogP contribution is -2.18. The molecule has 2 aromatic heterocycles. The molecule has 2 heterocycles. The number of anilines is 2. The Balaban J connectivity index is 1.52. The van der Waals surface area contributed by atoms with Gasteiger partial charge in [-0.25, -0.2) is 0 Å². The molecule has 164 valence electrons. The van der Waals surface area contributed by atoms with Gasteiger partial charge in [0.15, 0.2) is 5.58 Å². The van der Waals surface area contributed by atoms with E-state index in [9.17, 15) is 18.0 Å². The first-order valence-electron chi connectivity index (χ1n) is 9.14. The van der Waals surface area contributed by atoms with Gasteiger partial charge in [-0.2, -0.15) is 18.2 Å². The monoisotopic (exact) mass is 522 g/mol. The van der Waals surface area contributed by atoms with Crippen LogP contribution in [-0.4, -0.2) is 22.9 Å². The Morgan fingerprint density at radius 1 is 1.09 bits per heavy atom. The van der Waals surface area contributed by atoms with Crippen molar-refractivity contribution in [1.29, 1.82) is 0 Å². The van der Waals surface area contributed by atoms with Crippen molar-refractivity contribution >= 4 is 56.4 Å². The number of pyridine rings is 1. The molecule has 2 N–H and O–H groups in total. The van der Waals surface area contributed by atoms with Crippen LogP contribution in [0.5, 0.6) is 0 Å². The van der Waals surface area contributed by atoms with Crippen LogP contribution in [0.4, 0.5) is 24.9 Å². The standard InChI is InChI=1S/C21H14BrF3N4O2S/c1-26-19(30)15-10-13(8-9-27-15)32-12-4-2-11(3-5-12)28-20-29-18-16(31-20)7-6-14(22)17(18)21(23,24)25/h2-10H,1H3,(H,26,30)(H,28,29). The quantitative estimate of drug-likeness (QED) is 0.322. The molecule has 0 bridgehead atoms. The van der Waals surface area contributed by atoms with Gasteiger partial charge in [0.05, 0.1) is 5.56 Å². The van der Waals surface area contributed by atoms with Crippen LogP contribution in [0.2, 0.25) is 0 Å². The summed E-state index contributed by atoms with van der Waals surface area (Å²) in [5.41, 5.74) is -0.219. The second kappa shape index (κ2) is 8.83. The Morgan fingerprint density at radius 2 is 1.84 bits per heavy atom. The van der Waals surface area contributed by atoms with E-state index in [0.29, 0.717) is 11.4 Å². The summed E-state index contributed by atoms with van der Waals surface area (Å²) in [7, 11) is 1.54. The van der Waals surface area contributed by atoms with E-state index in [2.05, 4.69) is 36.5 Å². The second-order valence-corrected chi connectivity index (χ2v) is 8.49. The van der Waals surface area contributed by atoms with E-state index in [4.69, 9.17) is 4.42 Å². The van der Waals surface area contributed by atoms with Crippen molar-refractivity contribution in [1.82, 2.24) is 15.3 Å². The third-order valence-electron chi connectivity index (χ3n) is 4.33. The molecular formula is C21H14BrF3N4O2S. The molecule has 0 aliphatic carbocycles. The molecule has 32 heavy (non-hydrogen) atoms. The summed E-state index contributed by atoms with van der Waals surface area (Å²) in [6, 6.07) is 13.3. The van der Waals surface area contributed by atoms with Gasteiger partial charge in [-0.05, 0) is 48.5 Å². The minimum atomic E-state index is -4.57. The fourth-order valence-electron chi connectivity index (χ4n) is 2.89. The van der Waals surface area contributed by atoms with Gasteiger partial charge in [0.25, 0.3) is 11.9 Å². The lowest BCUT2D eigenvalue weighted by molar-refractivity contribution is -0.137. The van der Waals surface area contributed by atoms with Gasteiger partial charge in [0.1, 0.15) is 11.2 Å². The minimum absolute atomic E-state index is 0.0276. The van der Waals surface area contributed by atoms with Gasteiger partial charge in [0, 0.05) is 33.2 Å². The normalized spacial score (nSPS) is 11.5. The molecule has 1 amide bonds. The van der Waals surface area contributed by atoms with Crippen molar-refractivity contribution in [3.63, 3.8) is 0 Å². The Hall–Kier alpha value is -3.05. The number of nitrogens with zero attached hydrogens (tertiary/aromatic N) is 2. The maximum absolute atomic E-state index is 13.4. The van der Waals surface area contributed by atoms with Gasteiger partial charge < -0.3 is 15.1 Å². The highest BCUT2D eigenvalue weighted by atomic mass is 79.9. The van der Waals surface area contributed by atoms with Gasteiger partial charge in [0.2, 0.25) is 0 Å². The summed E-state index contributed by atoms with van der Waals surface area (Å²) < 4.78 is 45.4. The highest BCUT2D eigenvalue weighted by molar-refractivity contribution is 9.10. The largest absolute Gasteiger partial charge is 0.423 e. The molecule has 0 unspecified atom stereocenters. The van der Waals surface area contributed by atoms with E-state index in [0.717, 1.165) is 9.79 Å². The second-order valence-electron chi connectivity index (χ2n) is 6.49. The topological polar surface area (TPSA) is 80.0 Å². The average molecular weight is 523 g/mol. The van der Waals surface area contributed by atoms with Crippen LogP contribution < -0.4 is 10.6 Å². The maximum Gasteiger partial charge on any atom is 0.419 e. The number of halogens is 4. The van der Waals surface area contributed by atoms with E-state index in [1.807, 2.05) is 12.1 Å². The van der Waals surface area contributed by atoms with Crippen molar-refractivity contribution in [3.8, 4) is 0 Å². The molecule has 0 spiro atoms. The lowest BCUT2D eigenvalue weighted by atomic mass is 10.2. The van der Waals surface area contributed by atoms with Crippen LogP contribution in [0, 0.1) is 0 Å². The van der Waals surface area contributed by atoms with Gasteiger partial charge in [-0.15, -0.1) is 0 Å². The fraction of sp³-hybridized carbons (Fsp3) is 0.0952. The van der Waals surface area contributed by atoms with Crippen LogP contribution in [0.1, 0.15) is 16.1 Å². The Labute approximate surface area is 192 Å². The molecule has 0 aliphatic rings. The van der Waals surface area contributed by atoms with E-state index >= 15 is 0 Å². The molecule has 0 fully saturated rings. The number of benzene rings is 2. The predicted molar refractivity (Wildman–Crippen MR) is 118 cm³/mol. The van der Waals surface area contributed by atoms with Crippen molar-refractivity contribution in [2.45, 2.75) is 16.0 Å². The average Bonchev–Trinajstić information content (AvgIpc) is 3.15. The first-order chi connectivity index (χ1) is 15.2. The molecule has 4 aromatic rings. The Morgan fingerprint density at radius 3 is 2.53 bits per heavy atom. The summed E-state index contributed by atoms with van der Waals surface area (Å²) in [4.78, 5) is 21.5. The SMILES string of the molecule is CNC(=O)c1cc(Sc2ccc(Nc3nc4c(C(F)(F)F)c(Br)ccc4o3)cc2)ccn1. The van der Waals surface area contributed by atoms with Gasteiger partial charge >= 0.3 is 6.18 Å². The summed E-state index contributed by atoms with van der Waals surface area (Å²) >= 11 is 4.37. The smallest absolute Gasteiger partial charge is 0.419 e. The molecule has 2 aromatic carbocycles. The number of alkyl halides is 3. The number of nitrogens with one attached hydrogen (secondary N) is 2. The number of hydrogen-bond acceptors (Lipinski definition) is 6. The van der Waals surface area contributed by atoms with Gasteiger partial charge in [-0.1, -0.05) is 27.7 Å². The molecule has 0 atom stereocenters. The summed E-state index contributed by atoms with van der Waals surface area (Å²) in [6.45, 7) is 0. The predicted octanol–water partition coefficient (Wildman–Crippen LogP) is 6.26. The van der Waals surface area contributed by atoms with Crippen LogP contribution in [0.25, 0.3) is 11.1 Å². The molecule has 6 nitrogen and oxygen atoms in total. The number of rotatable bonds is 5. The van der Waals surface area contributed by atoms with Crippen molar-refractivity contribution in [3.05, 3.63) is 70.5 Å². The summed E-state index contributed by atoms with van der Waals surface area (Å²) in [5.74, 6) is -0.272. The maximum atomic E-state index is 13.4. The first-order valence-corrected chi connectivity index (χ1v) is 10.7. The zero-order chi connectivity index (χ0) is 22.9. The fourth-order valence-corrected chi connectivity index (χ4v) is 4.27. The van der Waals surface area contributed by atoms with Crippen LogP contribution >= 0.6 is 27.7 Å². The third kappa shape index (κ3) is 4.73. The number of aromatic nitrogens is 2. The Bertz CT molecular complexity index is 1290. The summed E-state index contributed by atoms with van der Waals surface area (Å²) in [6.07, 6.45) is -3.01. The highest BCUT2D eigenvalue weighted by Crippen LogP contribution is 2.40. The highest BCUT2D eigenvalue weighted by Gasteiger charge is 2.37. The number of carbonyl (C=O) groups is 1. The molecular weight excluding hydrogens is 509 g/mol. The van der Waals surface area contributed by atoms with Crippen LogP contribution in [-0.2, 0) is 6.18 Å². The van der Waals surface area contributed by atoms with Crippen molar-refractivity contribution in [2.75, 3.05) is 12.4 Å². The Kier molecular flexibility index (Phi) is 6.11. The minimum Gasteiger partial charge on any atom is -0.423 e. The van der Waals surface area contributed by atoms with E-state index < -0.39 is 11.7 Å². The zero-order valence-corrected chi connectivity index (χ0v) is 18.7. The number of amides is 1. The summed E-state index contributed by atoms with van der Waals surface area (Å²) in [5, 5.41) is 5.41. The molecule has 0 saturated carbocycles. The number of fused-ring (bicyclic) bond motifs is 1. The van der Waals surface area contributed by atoms with E-state index in [-0.39, 0.29) is 27.5 Å². The lowest BCUT2D eigenvalue weighted by Gasteiger charge is -2.08. The van der Waals surface area contributed by atoms with Crippen LogP contribution in [0.15, 0.2) is 73.4 Å². The first kappa shape index (κ1) is 22.2. The molecule has 0 radical (unpaired) electrons. The van der Waals surface area contributed by atoms with E-state index in [1.54, 1.807) is 30.5 Å². The van der Waals surface area contributed by atoms with E-state index in [1.165, 1.54) is 30.9 Å². The van der Waals surface area contributed by atoms with Gasteiger partial charge in [-0.3, -0.25) is 9.78 Å². The number of hydrogen-bond donors (Lipinski definition) is 2. The molecule has 0 saturated heterocycles.